The Morgan fingerprint density at radius 1 is 1.16 bits per heavy atom. The van der Waals surface area contributed by atoms with Crippen molar-refractivity contribution in [3.05, 3.63) is 23.3 Å². The quantitative estimate of drug-likeness (QED) is 0.597. The summed E-state index contributed by atoms with van der Waals surface area (Å²) in [6, 6.07) is 3.49. The van der Waals surface area contributed by atoms with E-state index in [1.807, 2.05) is 13.0 Å². The first kappa shape index (κ1) is 16.0. The summed E-state index contributed by atoms with van der Waals surface area (Å²) in [7, 11) is -3.51. The first-order valence-corrected chi connectivity index (χ1v) is 8.23. The van der Waals surface area contributed by atoms with Crippen LogP contribution in [0.15, 0.2) is 17.0 Å². The van der Waals surface area contributed by atoms with E-state index in [1.165, 1.54) is 0 Å². The Labute approximate surface area is 116 Å². The van der Waals surface area contributed by atoms with Crippen molar-refractivity contribution in [2.24, 2.45) is 0 Å². The van der Waals surface area contributed by atoms with Gasteiger partial charge in [-0.2, -0.15) is 0 Å². The third kappa shape index (κ3) is 4.21. The molecule has 3 N–H and O–H groups in total. The predicted octanol–water partition coefficient (Wildman–Crippen LogP) is 2.74. The highest BCUT2D eigenvalue weighted by Gasteiger charge is 2.20. The number of rotatable bonds is 7. The Balaban J connectivity index is 2.81. The fraction of sp³-hybridized carbons (Fsp3) is 0.571. The summed E-state index contributed by atoms with van der Waals surface area (Å²) in [5.74, 6) is 0. The average Bonchev–Trinajstić information content (AvgIpc) is 2.34. The molecule has 0 aliphatic heterocycles. The van der Waals surface area contributed by atoms with Crippen molar-refractivity contribution in [3.63, 3.8) is 0 Å². The standard InChI is InChI=1S/C14H24N2O2S/c1-4-5-6-7-10-16-19(17,18)14-12(3)11(2)8-9-13(14)15/h8-9,16H,4-7,10,15H2,1-3H3. The molecule has 0 bridgehead atoms. The third-order valence-corrected chi connectivity index (χ3v) is 4.96. The van der Waals surface area contributed by atoms with Gasteiger partial charge >= 0.3 is 0 Å². The van der Waals surface area contributed by atoms with Crippen LogP contribution in [0.2, 0.25) is 0 Å². The molecule has 0 spiro atoms. The highest BCUT2D eigenvalue weighted by Crippen LogP contribution is 2.24. The van der Waals surface area contributed by atoms with Crippen LogP contribution in [0.3, 0.4) is 0 Å². The Hall–Kier alpha value is -1.07. The lowest BCUT2D eigenvalue weighted by Gasteiger charge is -2.13. The molecule has 0 unspecified atom stereocenters. The number of hydrogen-bond donors (Lipinski definition) is 2. The van der Waals surface area contributed by atoms with Gasteiger partial charge in [-0.05, 0) is 37.5 Å². The van der Waals surface area contributed by atoms with Crippen molar-refractivity contribution in [2.75, 3.05) is 12.3 Å². The zero-order valence-corrected chi connectivity index (χ0v) is 12.8. The maximum atomic E-state index is 12.3. The number of nitrogens with one attached hydrogen (secondary N) is 1. The zero-order valence-electron chi connectivity index (χ0n) is 12.0. The molecule has 0 aliphatic rings. The largest absolute Gasteiger partial charge is 0.398 e. The highest BCUT2D eigenvalue weighted by molar-refractivity contribution is 7.89. The van der Waals surface area contributed by atoms with Crippen LogP contribution in [0.4, 0.5) is 5.69 Å². The van der Waals surface area contributed by atoms with Crippen molar-refractivity contribution < 1.29 is 8.42 Å². The van der Waals surface area contributed by atoms with Gasteiger partial charge in [-0.3, -0.25) is 0 Å². The van der Waals surface area contributed by atoms with Crippen LogP contribution in [-0.4, -0.2) is 15.0 Å². The van der Waals surface area contributed by atoms with E-state index < -0.39 is 10.0 Å². The molecule has 0 atom stereocenters. The van der Waals surface area contributed by atoms with E-state index in [-0.39, 0.29) is 4.90 Å². The fourth-order valence-electron chi connectivity index (χ4n) is 2.00. The first-order chi connectivity index (χ1) is 8.90. The third-order valence-electron chi connectivity index (χ3n) is 3.30. The van der Waals surface area contributed by atoms with Gasteiger partial charge < -0.3 is 5.73 Å². The van der Waals surface area contributed by atoms with E-state index >= 15 is 0 Å². The molecule has 1 aromatic rings. The molecule has 0 aliphatic carbocycles. The number of hydrogen-bond acceptors (Lipinski definition) is 3. The Bertz CT molecular complexity index is 524. The monoisotopic (exact) mass is 284 g/mol. The van der Waals surface area contributed by atoms with E-state index in [1.54, 1.807) is 13.0 Å². The molecule has 0 fully saturated rings. The summed E-state index contributed by atoms with van der Waals surface area (Å²) in [6.07, 6.45) is 4.17. The second kappa shape index (κ2) is 6.91. The smallest absolute Gasteiger partial charge is 0.242 e. The number of nitrogen functional groups attached to an aromatic ring is 1. The second-order valence-corrected chi connectivity index (χ2v) is 6.59. The van der Waals surface area contributed by atoms with Crippen molar-refractivity contribution in [3.8, 4) is 0 Å². The van der Waals surface area contributed by atoms with E-state index in [0.717, 1.165) is 36.8 Å². The van der Waals surface area contributed by atoms with E-state index in [0.29, 0.717) is 12.2 Å². The van der Waals surface area contributed by atoms with Gasteiger partial charge in [0.1, 0.15) is 4.90 Å². The maximum absolute atomic E-state index is 12.3. The molecule has 0 aromatic heterocycles. The summed E-state index contributed by atoms with van der Waals surface area (Å²) >= 11 is 0. The van der Waals surface area contributed by atoms with E-state index in [4.69, 9.17) is 5.73 Å². The molecule has 0 saturated heterocycles. The number of aryl methyl sites for hydroxylation is 1. The summed E-state index contributed by atoms with van der Waals surface area (Å²) in [6.45, 7) is 6.27. The minimum absolute atomic E-state index is 0.225. The normalized spacial score (nSPS) is 11.7. The SMILES string of the molecule is CCCCCCNS(=O)(=O)c1c(N)ccc(C)c1C. The Kier molecular flexibility index (Phi) is 5.82. The van der Waals surface area contributed by atoms with Crippen LogP contribution < -0.4 is 10.5 Å². The number of nitrogens with two attached hydrogens (primary N) is 1. The number of unbranched alkanes of at least 4 members (excludes halogenated alkanes) is 3. The molecule has 108 valence electrons. The number of anilines is 1. The van der Waals surface area contributed by atoms with Crippen LogP contribution in [-0.2, 0) is 10.0 Å². The van der Waals surface area contributed by atoms with Crippen LogP contribution >= 0.6 is 0 Å². The summed E-state index contributed by atoms with van der Waals surface area (Å²) < 4.78 is 27.2. The van der Waals surface area contributed by atoms with Crippen LogP contribution in [0.5, 0.6) is 0 Å². The fourth-order valence-corrected chi connectivity index (χ4v) is 3.50. The molecule has 0 heterocycles. The minimum Gasteiger partial charge on any atom is -0.398 e. The van der Waals surface area contributed by atoms with Gasteiger partial charge in [0, 0.05) is 6.54 Å². The topological polar surface area (TPSA) is 72.2 Å². The molecule has 1 rings (SSSR count). The van der Waals surface area contributed by atoms with Crippen LogP contribution in [0.1, 0.15) is 43.7 Å². The maximum Gasteiger partial charge on any atom is 0.242 e. The molecule has 5 heteroatoms. The number of benzene rings is 1. The molecule has 4 nitrogen and oxygen atoms in total. The summed E-state index contributed by atoms with van der Waals surface area (Å²) in [4.78, 5) is 0.225. The van der Waals surface area contributed by atoms with E-state index in [2.05, 4.69) is 11.6 Å². The lowest BCUT2D eigenvalue weighted by molar-refractivity contribution is 0.573. The van der Waals surface area contributed by atoms with Crippen molar-refractivity contribution in [1.82, 2.24) is 4.72 Å². The number of sulfonamides is 1. The van der Waals surface area contributed by atoms with Gasteiger partial charge in [-0.25, -0.2) is 13.1 Å². The molecule has 0 saturated carbocycles. The molecule has 1 aromatic carbocycles. The van der Waals surface area contributed by atoms with Gasteiger partial charge in [0.15, 0.2) is 0 Å². The van der Waals surface area contributed by atoms with E-state index in [9.17, 15) is 8.42 Å². The van der Waals surface area contributed by atoms with Gasteiger partial charge in [0.25, 0.3) is 0 Å². The van der Waals surface area contributed by atoms with Gasteiger partial charge in [0.2, 0.25) is 10.0 Å². The Morgan fingerprint density at radius 3 is 2.47 bits per heavy atom. The highest BCUT2D eigenvalue weighted by atomic mass is 32.2. The zero-order chi connectivity index (χ0) is 14.5. The van der Waals surface area contributed by atoms with Crippen molar-refractivity contribution >= 4 is 15.7 Å². The van der Waals surface area contributed by atoms with Crippen LogP contribution in [0.25, 0.3) is 0 Å². The lowest BCUT2D eigenvalue weighted by Crippen LogP contribution is -2.26. The average molecular weight is 284 g/mol. The molecular weight excluding hydrogens is 260 g/mol. The summed E-state index contributed by atoms with van der Waals surface area (Å²) in [5, 5.41) is 0. The van der Waals surface area contributed by atoms with Crippen molar-refractivity contribution in [1.29, 1.82) is 0 Å². The summed E-state index contributed by atoms with van der Waals surface area (Å²) in [5.41, 5.74) is 7.77. The first-order valence-electron chi connectivity index (χ1n) is 6.75. The Morgan fingerprint density at radius 2 is 1.84 bits per heavy atom. The molecular formula is C14H24N2O2S. The molecule has 0 amide bonds. The predicted molar refractivity (Wildman–Crippen MR) is 79.7 cm³/mol. The molecule has 0 radical (unpaired) electrons. The lowest BCUT2D eigenvalue weighted by atomic mass is 10.1. The minimum atomic E-state index is -3.51. The van der Waals surface area contributed by atoms with Crippen LogP contribution in [0, 0.1) is 13.8 Å². The van der Waals surface area contributed by atoms with Gasteiger partial charge in [0.05, 0.1) is 5.69 Å². The second-order valence-electron chi connectivity index (χ2n) is 4.88. The van der Waals surface area contributed by atoms with Gasteiger partial charge in [-0.1, -0.05) is 32.3 Å². The molecule has 19 heavy (non-hydrogen) atoms. The van der Waals surface area contributed by atoms with Crippen molar-refractivity contribution in [2.45, 2.75) is 51.3 Å². The van der Waals surface area contributed by atoms with Gasteiger partial charge in [-0.15, -0.1) is 0 Å².